The summed E-state index contributed by atoms with van der Waals surface area (Å²) in [7, 11) is 0. The number of anilines is 1. The summed E-state index contributed by atoms with van der Waals surface area (Å²) < 4.78 is 5.58. The van der Waals surface area contributed by atoms with Crippen LogP contribution in [0, 0.1) is 0 Å². The Morgan fingerprint density at radius 2 is 2.20 bits per heavy atom. The van der Waals surface area contributed by atoms with E-state index in [1.54, 1.807) is 12.1 Å². The zero-order valence-corrected chi connectivity index (χ0v) is 8.27. The van der Waals surface area contributed by atoms with Crippen molar-refractivity contribution in [3.05, 3.63) is 23.8 Å². The Morgan fingerprint density at radius 1 is 1.47 bits per heavy atom. The van der Waals surface area contributed by atoms with Crippen molar-refractivity contribution in [3.63, 3.8) is 0 Å². The van der Waals surface area contributed by atoms with Gasteiger partial charge >= 0.3 is 5.97 Å². The van der Waals surface area contributed by atoms with Gasteiger partial charge in [-0.05, 0) is 31.4 Å². The smallest absolute Gasteiger partial charge is 0.337 e. The fourth-order valence-corrected chi connectivity index (χ4v) is 1.50. The van der Waals surface area contributed by atoms with Crippen molar-refractivity contribution >= 4 is 11.7 Å². The number of carbonyl (C=O) groups is 1. The summed E-state index contributed by atoms with van der Waals surface area (Å²) in [6, 6.07) is 4.83. The third-order valence-electron chi connectivity index (χ3n) is 2.64. The second-order valence-corrected chi connectivity index (χ2v) is 3.69. The van der Waals surface area contributed by atoms with Crippen LogP contribution in [0.3, 0.4) is 0 Å². The molecule has 0 spiro atoms. The van der Waals surface area contributed by atoms with Gasteiger partial charge in [-0.1, -0.05) is 6.07 Å². The maximum atomic E-state index is 10.8. The number of para-hydroxylation sites is 1. The number of carboxylic acids is 1. The Kier molecular flexibility index (Phi) is 2.49. The molecule has 15 heavy (non-hydrogen) atoms. The first-order valence-corrected chi connectivity index (χ1v) is 4.97. The minimum absolute atomic E-state index is 0.104. The molecular weight excluding hydrogens is 194 g/mol. The van der Waals surface area contributed by atoms with Gasteiger partial charge in [-0.2, -0.15) is 0 Å². The molecule has 0 amide bonds. The Bertz CT molecular complexity index is 385. The maximum Gasteiger partial charge on any atom is 0.337 e. The molecule has 0 atom stereocenters. The van der Waals surface area contributed by atoms with E-state index in [-0.39, 0.29) is 17.4 Å². The van der Waals surface area contributed by atoms with Crippen molar-refractivity contribution in [1.29, 1.82) is 0 Å². The van der Waals surface area contributed by atoms with Crippen LogP contribution in [0.2, 0.25) is 0 Å². The molecule has 0 aliphatic heterocycles. The Hall–Kier alpha value is -1.71. The molecule has 1 fully saturated rings. The van der Waals surface area contributed by atoms with E-state index >= 15 is 0 Å². The van der Waals surface area contributed by atoms with Gasteiger partial charge in [0.2, 0.25) is 0 Å². The first kappa shape index (κ1) is 9.83. The van der Waals surface area contributed by atoms with Crippen LogP contribution in [0.25, 0.3) is 0 Å². The fourth-order valence-electron chi connectivity index (χ4n) is 1.50. The lowest BCUT2D eigenvalue weighted by atomic mass is 9.96. The van der Waals surface area contributed by atoms with Crippen molar-refractivity contribution < 1.29 is 14.6 Å². The van der Waals surface area contributed by atoms with E-state index in [0.717, 1.165) is 12.8 Å². The van der Waals surface area contributed by atoms with Gasteiger partial charge in [0.25, 0.3) is 0 Å². The summed E-state index contributed by atoms with van der Waals surface area (Å²) in [6.07, 6.45) is 3.42. The molecule has 0 unspecified atom stereocenters. The summed E-state index contributed by atoms with van der Waals surface area (Å²) in [5.74, 6) is -0.536. The van der Waals surface area contributed by atoms with Crippen molar-refractivity contribution in [2.45, 2.75) is 25.4 Å². The molecule has 0 radical (unpaired) electrons. The minimum Gasteiger partial charge on any atom is -0.488 e. The highest BCUT2D eigenvalue weighted by atomic mass is 16.5. The van der Waals surface area contributed by atoms with E-state index in [4.69, 9.17) is 15.6 Å². The van der Waals surface area contributed by atoms with Gasteiger partial charge in [-0.15, -0.1) is 0 Å². The van der Waals surface area contributed by atoms with E-state index in [0.29, 0.717) is 5.75 Å². The van der Waals surface area contributed by atoms with Gasteiger partial charge in [0.15, 0.2) is 0 Å². The molecule has 1 aromatic rings. The van der Waals surface area contributed by atoms with Crippen LogP contribution < -0.4 is 10.5 Å². The third kappa shape index (κ3) is 1.88. The average Bonchev–Trinajstić information content (AvgIpc) is 2.13. The van der Waals surface area contributed by atoms with Gasteiger partial charge < -0.3 is 15.6 Å². The summed E-state index contributed by atoms with van der Waals surface area (Å²) >= 11 is 0. The van der Waals surface area contributed by atoms with E-state index in [1.807, 2.05) is 0 Å². The van der Waals surface area contributed by atoms with Crippen LogP contribution >= 0.6 is 0 Å². The van der Waals surface area contributed by atoms with Gasteiger partial charge in [0.05, 0.1) is 17.4 Å². The number of nitrogen functional groups attached to an aromatic ring is 1. The average molecular weight is 207 g/mol. The quantitative estimate of drug-likeness (QED) is 0.742. The van der Waals surface area contributed by atoms with Crippen molar-refractivity contribution in [1.82, 2.24) is 0 Å². The standard InChI is InChI=1S/C11H13NO3/c12-10-8(11(13)14)5-2-6-9(10)15-7-3-1-4-7/h2,5-7H,1,3-4,12H2,(H,13,14). The van der Waals surface area contributed by atoms with Crippen molar-refractivity contribution in [2.75, 3.05) is 5.73 Å². The molecule has 1 saturated carbocycles. The Morgan fingerprint density at radius 3 is 2.73 bits per heavy atom. The van der Waals surface area contributed by atoms with Gasteiger partial charge in [-0.3, -0.25) is 0 Å². The predicted octanol–water partition coefficient (Wildman–Crippen LogP) is 1.90. The van der Waals surface area contributed by atoms with E-state index in [2.05, 4.69) is 0 Å². The SMILES string of the molecule is Nc1c(OC2CCC2)cccc1C(=O)O. The fraction of sp³-hybridized carbons (Fsp3) is 0.364. The first-order valence-electron chi connectivity index (χ1n) is 4.97. The molecule has 4 nitrogen and oxygen atoms in total. The summed E-state index contributed by atoms with van der Waals surface area (Å²) in [5.41, 5.74) is 6.03. The number of nitrogens with two attached hydrogens (primary N) is 1. The van der Waals surface area contributed by atoms with E-state index in [1.165, 1.54) is 12.5 Å². The number of carboxylic acid groups (broad SMARTS) is 1. The topological polar surface area (TPSA) is 72.5 Å². The van der Waals surface area contributed by atoms with Crippen LogP contribution in [0.15, 0.2) is 18.2 Å². The molecular formula is C11H13NO3. The minimum atomic E-state index is -1.02. The Balaban J connectivity index is 2.22. The largest absolute Gasteiger partial charge is 0.488 e. The molecule has 3 N–H and O–H groups in total. The lowest BCUT2D eigenvalue weighted by Crippen LogP contribution is -2.25. The highest BCUT2D eigenvalue weighted by molar-refractivity contribution is 5.95. The second kappa shape index (κ2) is 3.81. The van der Waals surface area contributed by atoms with Crippen molar-refractivity contribution in [2.24, 2.45) is 0 Å². The molecule has 0 bridgehead atoms. The molecule has 1 aliphatic rings. The van der Waals surface area contributed by atoms with Crippen LogP contribution in [-0.4, -0.2) is 17.2 Å². The molecule has 2 rings (SSSR count). The van der Waals surface area contributed by atoms with Crippen LogP contribution in [-0.2, 0) is 0 Å². The lowest BCUT2D eigenvalue weighted by molar-refractivity contribution is 0.0696. The molecule has 4 heteroatoms. The normalized spacial score (nSPS) is 15.7. The number of aromatic carboxylic acids is 1. The summed E-state index contributed by atoms with van der Waals surface area (Å²) in [4.78, 5) is 10.8. The number of benzene rings is 1. The van der Waals surface area contributed by atoms with Crippen LogP contribution in [0.4, 0.5) is 5.69 Å². The highest BCUT2D eigenvalue weighted by Gasteiger charge is 2.21. The summed E-state index contributed by atoms with van der Waals surface area (Å²) in [5, 5.41) is 8.86. The summed E-state index contributed by atoms with van der Waals surface area (Å²) in [6.45, 7) is 0. The molecule has 0 heterocycles. The molecule has 1 aromatic carbocycles. The highest BCUT2D eigenvalue weighted by Crippen LogP contribution is 2.30. The molecule has 80 valence electrons. The van der Waals surface area contributed by atoms with Crippen molar-refractivity contribution in [3.8, 4) is 5.75 Å². The van der Waals surface area contributed by atoms with E-state index in [9.17, 15) is 4.79 Å². The monoisotopic (exact) mass is 207 g/mol. The van der Waals surface area contributed by atoms with Gasteiger partial charge in [0.1, 0.15) is 5.75 Å². The Labute approximate surface area is 87.7 Å². The lowest BCUT2D eigenvalue weighted by Gasteiger charge is -2.27. The van der Waals surface area contributed by atoms with Crippen LogP contribution in [0.1, 0.15) is 29.6 Å². The number of hydrogen-bond donors (Lipinski definition) is 2. The molecule has 0 saturated heterocycles. The number of hydrogen-bond acceptors (Lipinski definition) is 3. The zero-order chi connectivity index (χ0) is 10.8. The third-order valence-corrected chi connectivity index (χ3v) is 2.64. The van der Waals surface area contributed by atoms with E-state index < -0.39 is 5.97 Å². The zero-order valence-electron chi connectivity index (χ0n) is 8.27. The predicted molar refractivity (Wildman–Crippen MR) is 56.1 cm³/mol. The van der Waals surface area contributed by atoms with Gasteiger partial charge in [0, 0.05) is 0 Å². The molecule has 0 aromatic heterocycles. The first-order chi connectivity index (χ1) is 7.18. The maximum absolute atomic E-state index is 10.8. The number of rotatable bonds is 3. The molecule has 1 aliphatic carbocycles. The number of ether oxygens (including phenoxy) is 1. The second-order valence-electron chi connectivity index (χ2n) is 3.69. The van der Waals surface area contributed by atoms with Gasteiger partial charge in [-0.25, -0.2) is 4.79 Å². The van der Waals surface area contributed by atoms with Crippen LogP contribution in [0.5, 0.6) is 5.75 Å².